The van der Waals surface area contributed by atoms with Gasteiger partial charge in [-0.15, -0.1) is 0 Å². The summed E-state index contributed by atoms with van der Waals surface area (Å²) in [6, 6.07) is 0.151. The molecule has 0 aliphatic heterocycles. The van der Waals surface area contributed by atoms with E-state index in [0.29, 0.717) is 11.7 Å². The van der Waals surface area contributed by atoms with Gasteiger partial charge in [-0.2, -0.15) is 0 Å². The normalized spacial score (nSPS) is 15.8. The maximum absolute atomic E-state index is 10.9. The van der Waals surface area contributed by atoms with Crippen molar-refractivity contribution < 1.29 is 4.21 Å². The van der Waals surface area contributed by atoms with E-state index in [0.717, 1.165) is 0 Å². The predicted octanol–water partition coefficient (Wildman–Crippen LogP) is 0.405. The lowest BCUT2D eigenvalue weighted by Gasteiger charge is -2.12. The summed E-state index contributed by atoms with van der Waals surface area (Å²) >= 11 is 0. The Kier molecular flexibility index (Phi) is 2.86. The summed E-state index contributed by atoms with van der Waals surface area (Å²) < 4.78 is 12.7. The van der Waals surface area contributed by atoms with Gasteiger partial charge in [-0.3, -0.25) is 4.21 Å². The highest BCUT2D eigenvalue weighted by Crippen LogP contribution is 2.10. The highest BCUT2D eigenvalue weighted by Gasteiger charge is 2.08. The Labute approximate surface area is 74.2 Å². The van der Waals surface area contributed by atoms with E-state index >= 15 is 0 Å². The van der Waals surface area contributed by atoms with Gasteiger partial charge in [-0.1, -0.05) is 0 Å². The van der Waals surface area contributed by atoms with Crippen molar-refractivity contribution in [3.8, 4) is 0 Å². The van der Waals surface area contributed by atoms with Crippen molar-refractivity contribution in [2.24, 2.45) is 0 Å². The van der Waals surface area contributed by atoms with E-state index in [-0.39, 0.29) is 6.04 Å². The van der Waals surface area contributed by atoms with Gasteiger partial charge in [0.05, 0.1) is 0 Å². The molecule has 2 N–H and O–H groups in total. The molecule has 0 aliphatic rings. The Bertz CT molecular complexity index is 284. The van der Waals surface area contributed by atoms with Crippen molar-refractivity contribution in [2.75, 3.05) is 17.7 Å². The smallest absolute Gasteiger partial charge is 0.200 e. The molecule has 1 aromatic rings. The summed E-state index contributed by atoms with van der Waals surface area (Å²) in [5, 5.41) is 0. The van der Waals surface area contributed by atoms with Crippen LogP contribution in [0.4, 0.5) is 5.95 Å². The van der Waals surface area contributed by atoms with Gasteiger partial charge in [0.25, 0.3) is 0 Å². The van der Waals surface area contributed by atoms with Crippen LogP contribution in [0.5, 0.6) is 0 Å². The lowest BCUT2D eigenvalue weighted by molar-refractivity contribution is 0.604. The van der Waals surface area contributed by atoms with Gasteiger partial charge in [0.1, 0.15) is 0 Å². The van der Waals surface area contributed by atoms with E-state index in [1.807, 2.05) is 11.5 Å². The van der Waals surface area contributed by atoms with Crippen LogP contribution in [-0.2, 0) is 10.8 Å². The Morgan fingerprint density at radius 3 is 2.92 bits per heavy atom. The number of imidazole rings is 1. The minimum atomic E-state index is -0.793. The van der Waals surface area contributed by atoms with E-state index in [9.17, 15) is 4.21 Å². The number of hydrogen-bond donors (Lipinski definition) is 1. The second-order valence-electron chi connectivity index (χ2n) is 2.78. The van der Waals surface area contributed by atoms with Crippen LogP contribution < -0.4 is 5.73 Å². The molecule has 12 heavy (non-hydrogen) atoms. The van der Waals surface area contributed by atoms with Crippen LogP contribution in [-0.4, -0.2) is 25.8 Å². The Morgan fingerprint density at radius 1 is 1.83 bits per heavy atom. The molecule has 0 fully saturated rings. The van der Waals surface area contributed by atoms with Crippen LogP contribution in [0.2, 0.25) is 0 Å². The Hall–Kier alpha value is -0.840. The monoisotopic (exact) mass is 187 g/mol. The first-order chi connectivity index (χ1) is 5.61. The van der Waals surface area contributed by atoms with Crippen molar-refractivity contribution in [3.63, 3.8) is 0 Å². The number of aromatic nitrogens is 2. The predicted molar refractivity (Wildman–Crippen MR) is 50.3 cm³/mol. The number of hydrogen-bond acceptors (Lipinski definition) is 3. The number of nitrogen functional groups attached to an aromatic ring is 1. The molecule has 0 saturated carbocycles. The first-order valence-electron chi connectivity index (χ1n) is 3.69. The molecule has 4 nitrogen and oxygen atoms in total. The number of nitrogens with two attached hydrogens (primary N) is 1. The second-order valence-corrected chi connectivity index (χ2v) is 4.26. The van der Waals surface area contributed by atoms with E-state index < -0.39 is 10.8 Å². The van der Waals surface area contributed by atoms with Gasteiger partial charge in [-0.05, 0) is 6.92 Å². The summed E-state index contributed by atoms with van der Waals surface area (Å²) in [7, 11) is -0.793. The topological polar surface area (TPSA) is 60.9 Å². The molecule has 0 aromatic carbocycles. The molecule has 2 atom stereocenters. The molecule has 68 valence electrons. The zero-order valence-electron chi connectivity index (χ0n) is 7.23. The van der Waals surface area contributed by atoms with E-state index in [2.05, 4.69) is 4.98 Å². The van der Waals surface area contributed by atoms with Crippen molar-refractivity contribution in [1.82, 2.24) is 9.55 Å². The van der Waals surface area contributed by atoms with Crippen molar-refractivity contribution in [1.29, 1.82) is 0 Å². The van der Waals surface area contributed by atoms with Gasteiger partial charge < -0.3 is 10.3 Å². The quantitative estimate of drug-likeness (QED) is 0.745. The van der Waals surface area contributed by atoms with Crippen LogP contribution in [0.3, 0.4) is 0 Å². The molecule has 2 unspecified atom stereocenters. The number of anilines is 1. The van der Waals surface area contributed by atoms with E-state index in [4.69, 9.17) is 5.73 Å². The van der Waals surface area contributed by atoms with Gasteiger partial charge in [-0.25, -0.2) is 4.98 Å². The first kappa shape index (κ1) is 9.25. The molecule has 0 saturated heterocycles. The summed E-state index contributed by atoms with van der Waals surface area (Å²) in [4.78, 5) is 3.89. The first-order valence-corrected chi connectivity index (χ1v) is 5.42. The third-order valence-electron chi connectivity index (χ3n) is 1.65. The summed E-state index contributed by atoms with van der Waals surface area (Å²) in [5.41, 5.74) is 5.57. The van der Waals surface area contributed by atoms with E-state index in [1.54, 1.807) is 18.6 Å². The molecule has 0 bridgehead atoms. The van der Waals surface area contributed by atoms with Crippen LogP contribution >= 0.6 is 0 Å². The van der Waals surface area contributed by atoms with Crippen molar-refractivity contribution >= 4 is 16.7 Å². The fourth-order valence-corrected chi connectivity index (χ4v) is 1.96. The van der Waals surface area contributed by atoms with Crippen LogP contribution in [0.15, 0.2) is 12.4 Å². The summed E-state index contributed by atoms with van der Waals surface area (Å²) in [6.45, 7) is 1.97. The van der Waals surface area contributed by atoms with Gasteiger partial charge >= 0.3 is 0 Å². The fraction of sp³-hybridized carbons (Fsp3) is 0.571. The number of nitrogens with zero attached hydrogens (tertiary/aromatic N) is 2. The molecule has 1 rings (SSSR count). The lowest BCUT2D eigenvalue weighted by atomic mass is 10.4. The Balaban J connectivity index is 2.71. The minimum absolute atomic E-state index is 0.151. The molecule has 0 spiro atoms. The third-order valence-corrected chi connectivity index (χ3v) is 2.60. The standard InChI is InChI=1S/C7H13N3OS/c1-6(5-12(2)11)10-4-3-9-7(10)8/h3-4,6H,5H2,1-2H3,(H2,8,9). The second kappa shape index (κ2) is 3.71. The maximum Gasteiger partial charge on any atom is 0.200 e. The molecular weight excluding hydrogens is 174 g/mol. The highest BCUT2D eigenvalue weighted by molar-refractivity contribution is 7.84. The van der Waals surface area contributed by atoms with Gasteiger partial charge in [0.2, 0.25) is 0 Å². The lowest BCUT2D eigenvalue weighted by Crippen LogP contribution is -2.14. The SMILES string of the molecule is CC(CS(C)=O)n1ccnc1N. The zero-order valence-corrected chi connectivity index (χ0v) is 8.04. The molecule has 0 aliphatic carbocycles. The maximum atomic E-state index is 10.9. The largest absolute Gasteiger partial charge is 0.369 e. The average molecular weight is 187 g/mol. The summed E-state index contributed by atoms with van der Waals surface area (Å²) in [5.74, 6) is 1.09. The molecular formula is C7H13N3OS. The third kappa shape index (κ3) is 2.07. The van der Waals surface area contributed by atoms with Crippen LogP contribution in [0.1, 0.15) is 13.0 Å². The molecule has 1 heterocycles. The van der Waals surface area contributed by atoms with Gasteiger partial charge in [0.15, 0.2) is 5.95 Å². The van der Waals surface area contributed by atoms with Crippen molar-refractivity contribution in [2.45, 2.75) is 13.0 Å². The van der Waals surface area contributed by atoms with Crippen molar-refractivity contribution in [3.05, 3.63) is 12.4 Å². The fourth-order valence-electron chi connectivity index (χ4n) is 1.12. The molecule has 5 heteroatoms. The van der Waals surface area contributed by atoms with E-state index in [1.165, 1.54) is 0 Å². The van der Waals surface area contributed by atoms with Crippen LogP contribution in [0, 0.1) is 0 Å². The average Bonchev–Trinajstić information content (AvgIpc) is 2.33. The summed E-state index contributed by atoms with van der Waals surface area (Å²) in [6.07, 6.45) is 5.13. The minimum Gasteiger partial charge on any atom is -0.369 e. The molecule has 0 amide bonds. The van der Waals surface area contributed by atoms with Gasteiger partial charge in [0, 0.05) is 41.2 Å². The number of rotatable bonds is 3. The highest BCUT2D eigenvalue weighted by atomic mass is 32.2. The van der Waals surface area contributed by atoms with Crippen LogP contribution in [0.25, 0.3) is 0 Å². The Morgan fingerprint density at radius 2 is 2.50 bits per heavy atom. The zero-order chi connectivity index (χ0) is 9.14. The molecule has 0 radical (unpaired) electrons. The molecule has 1 aromatic heterocycles.